The van der Waals surface area contributed by atoms with Crippen LogP contribution in [-0.2, 0) is 4.74 Å². The average molecular weight is 200 g/mol. The van der Waals surface area contributed by atoms with Gasteiger partial charge in [-0.05, 0) is 45.2 Å². The molecular weight excluding hydrogens is 176 g/mol. The van der Waals surface area contributed by atoms with E-state index in [9.17, 15) is 0 Å². The second-order valence-electron chi connectivity index (χ2n) is 4.41. The number of hydrogen-bond donors (Lipinski definition) is 1. The van der Waals surface area contributed by atoms with Crippen molar-refractivity contribution in [3.05, 3.63) is 0 Å². The molecule has 1 aliphatic rings. The Morgan fingerprint density at radius 3 is 2.86 bits per heavy atom. The largest absolute Gasteiger partial charge is 0.385 e. The minimum absolute atomic E-state index is 0.360. The molecular formula is C11H24N2O. The predicted octanol–water partition coefficient (Wildman–Crippen LogP) is 1.08. The molecule has 1 fully saturated rings. The summed E-state index contributed by atoms with van der Waals surface area (Å²) >= 11 is 0. The van der Waals surface area contributed by atoms with Crippen LogP contribution in [0.4, 0.5) is 0 Å². The molecule has 0 spiro atoms. The topological polar surface area (TPSA) is 38.5 Å². The molecule has 2 atom stereocenters. The van der Waals surface area contributed by atoms with Gasteiger partial charge in [0.1, 0.15) is 0 Å². The molecule has 0 aromatic carbocycles. The fourth-order valence-corrected chi connectivity index (χ4v) is 2.08. The Labute approximate surface area is 87.6 Å². The smallest absolute Gasteiger partial charge is 0.0462 e. The number of hydrogen-bond acceptors (Lipinski definition) is 3. The molecule has 0 bridgehead atoms. The summed E-state index contributed by atoms with van der Waals surface area (Å²) in [6, 6.07) is 0.360. The van der Waals surface area contributed by atoms with Gasteiger partial charge in [-0.15, -0.1) is 0 Å². The zero-order valence-corrected chi connectivity index (χ0v) is 9.54. The van der Waals surface area contributed by atoms with Crippen LogP contribution >= 0.6 is 0 Å². The third-order valence-corrected chi connectivity index (χ3v) is 3.13. The standard InChI is InChI=1S/C11H24N2O/c1-10(12)11-5-7-13(9-11)6-3-4-8-14-2/h10-11H,3-9,12H2,1-2H3. The molecule has 1 saturated heterocycles. The molecule has 1 heterocycles. The maximum atomic E-state index is 5.89. The van der Waals surface area contributed by atoms with Crippen molar-refractivity contribution in [2.75, 3.05) is 33.4 Å². The first kappa shape index (κ1) is 12.0. The van der Waals surface area contributed by atoms with Crippen LogP contribution in [0.2, 0.25) is 0 Å². The van der Waals surface area contributed by atoms with Gasteiger partial charge in [-0.3, -0.25) is 0 Å². The van der Waals surface area contributed by atoms with E-state index in [0.717, 1.165) is 12.5 Å². The van der Waals surface area contributed by atoms with Gasteiger partial charge in [0.25, 0.3) is 0 Å². The fraction of sp³-hybridized carbons (Fsp3) is 1.00. The van der Waals surface area contributed by atoms with Crippen molar-refractivity contribution < 1.29 is 4.74 Å². The van der Waals surface area contributed by atoms with E-state index in [1.54, 1.807) is 7.11 Å². The zero-order chi connectivity index (χ0) is 10.4. The van der Waals surface area contributed by atoms with Crippen LogP contribution in [-0.4, -0.2) is 44.3 Å². The van der Waals surface area contributed by atoms with E-state index >= 15 is 0 Å². The Kier molecular flexibility index (Phi) is 5.45. The van der Waals surface area contributed by atoms with Crippen LogP contribution in [0.3, 0.4) is 0 Å². The van der Waals surface area contributed by atoms with Gasteiger partial charge in [-0.2, -0.15) is 0 Å². The number of nitrogens with two attached hydrogens (primary N) is 1. The molecule has 2 unspecified atom stereocenters. The Morgan fingerprint density at radius 1 is 1.50 bits per heavy atom. The van der Waals surface area contributed by atoms with Crippen LogP contribution < -0.4 is 5.73 Å². The average Bonchev–Trinajstić information content (AvgIpc) is 2.61. The number of ether oxygens (including phenoxy) is 1. The second kappa shape index (κ2) is 6.38. The third kappa shape index (κ3) is 3.95. The lowest BCUT2D eigenvalue weighted by molar-refractivity contribution is 0.186. The van der Waals surface area contributed by atoms with E-state index < -0.39 is 0 Å². The van der Waals surface area contributed by atoms with E-state index in [-0.39, 0.29) is 0 Å². The lowest BCUT2D eigenvalue weighted by Gasteiger charge is -2.17. The van der Waals surface area contributed by atoms with E-state index in [1.165, 1.54) is 38.9 Å². The normalized spacial score (nSPS) is 25.5. The van der Waals surface area contributed by atoms with Crippen LogP contribution in [0.1, 0.15) is 26.2 Å². The van der Waals surface area contributed by atoms with Crippen molar-refractivity contribution in [3.63, 3.8) is 0 Å². The first-order chi connectivity index (χ1) is 6.74. The van der Waals surface area contributed by atoms with Crippen molar-refractivity contribution >= 4 is 0 Å². The Morgan fingerprint density at radius 2 is 2.29 bits per heavy atom. The number of likely N-dealkylation sites (tertiary alicyclic amines) is 1. The van der Waals surface area contributed by atoms with Crippen molar-refractivity contribution in [1.29, 1.82) is 0 Å². The first-order valence-corrected chi connectivity index (χ1v) is 5.71. The fourth-order valence-electron chi connectivity index (χ4n) is 2.08. The van der Waals surface area contributed by atoms with E-state index in [0.29, 0.717) is 6.04 Å². The zero-order valence-electron chi connectivity index (χ0n) is 9.54. The van der Waals surface area contributed by atoms with Gasteiger partial charge >= 0.3 is 0 Å². The molecule has 3 heteroatoms. The first-order valence-electron chi connectivity index (χ1n) is 5.71. The highest BCUT2D eigenvalue weighted by Gasteiger charge is 2.24. The Balaban J connectivity index is 2.04. The summed E-state index contributed by atoms with van der Waals surface area (Å²) in [5, 5.41) is 0. The van der Waals surface area contributed by atoms with Crippen LogP contribution in [0.15, 0.2) is 0 Å². The van der Waals surface area contributed by atoms with E-state index in [1.807, 2.05) is 0 Å². The molecule has 0 amide bonds. The monoisotopic (exact) mass is 200 g/mol. The molecule has 3 nitrogen and oxygen atoms in total. The van der Waals surface area contributed by atoms with Crippen molar-refractivity contribution in [1.82, 2.24) is 4.90 Å². The summed E-state index contributed by atoms with van der Waals surface area (Å²) in [7, 11) is 1.77. The minimum Gasteiger partial charge on any atom is -0.385 e. The summed E-state index contributed by atoms with van der Waals surface area (Å²) in [5.74, 6) is 0.720. The SMILES string of the molecule is COCCCCN1CCC(C(C)N)C1. The maximum absolute atomic E-state index is 5.89. The van der Waals surface area contributed by atoms with Gasteiger partial charge in [0.05, 0.1) is 0 Å². The Bertz CT molecular complexity index is 150. The highest BCUT2D eigenvalue weighted by atomic mass is 16.5. The van der Waals surface area contributed by atoms with Gasteiger partial charge < -0.3 is 15.4 Å². The minimum atomic E-state index is 0.360. The van der Waals surface area contributed by atoms with Gasteiger partial charge in [0, 0.05) is 26.3 Å². The summed E-state index contributed by atoms with van der Waals surface area (Å²) in [5.41, 5.74) is 5.89. The molecule has 0 aromatic heterocycles. The molecule has 84 valence electrons. The summed E-state index contributed by atoms with van der Waals surface area (Å²) < 4.78 is 5.03. The summed E-state index contributed by atoms with van der Waals surface area (Å²) in [4.78, 5) is 2.53. The molecule has 14 heavy (non-hydrogen) atoms. The molecule has 1 rings (SSSR count). The van der Waals surface area contributed by atoms with Crippen molar-refractivity contribution in [2.45, 2.75) is 32.2 Å². The van der Waals surface area contributed by atoms with Crippen LogP contribution in [0.5, 0.6) is 0 Å². The summed E-state index contributed by atoms with van der Waals surface area (Å²) in [6.07, 6.45) is 3.71. The lowest BCUT2D eigenvalue weighted by Crippen LogP contribution is -2.30. The van der Waals surface area contributed by atoms with Gasteiger partial charge in [-0.25, -0.2) is 0 Å². The summed E-state index contributed by atoms with van der Waals surface area (Å²) in [6.45, 7) is 6.67. The predicted molar refractivity (Wildman–Crippen MR) is 59.3 cm³/mol. The highest BCUT2D eigenvalue weighted by Crippen LogP contribution is 2.18. The molecule has 1 aliphatic heterocycles. The highest BCUT2D eigenvalue weighted by molar-refractivity contribution is 4.80. The molecule has 2 N–H and O–H groups in total. The molecule has 0 saturated carbocycles. The number of unbranched alkanes of at least 4 members (excludes halogenated alkanes) is 1. The number of rotatable bonds is 6. The Hall–Kier alpha value is -0.120. The van der Waals surface area contributed by atoms with E-state index in [4.69, 9.17) is 10.5 Å². The van der Waals surface area contributed by atoms with Crippen molar-refractivity contribution in [3.8, 4) is 0 Å². The van der Waals surface area contributed by atoms with Gasteiger partial charge in [0.2, 0.25) is 0 Å². The molecule has 0 aliphatic carbocycles. The van der Waals surface area contributed by atoms with E-state index in [2.05, 4.69) is 11.8 Å². The van der Waals surface area contributed by atoms with Gasteiger partial charge in [0.15, 0.2) is 0 Å². The number of nitrogens with zero attached hydrogens (tertiary/aromatic N) is 1. The van der Waals surface area contributed by atoms with Crippen molar-refractivity contribution in [2.24, 2.45) is 11.7 Å². The van der Waals surface area contributed by atoms with Gasteiger partial charge in [-0.1, -0.05) is 0 Å². The second-order valence-corrected chi connectivity index (χ2v) is 4.41. The number of methoxy groups -OCH3 is 1. The van der Waals surface area contributed by atoms with Crippen LogP contribution in [0, 0.1) is 5.92 Å². The quantitative estimate of drug-likeness (QED) is 0.652. The maximum Gasteiger partial charge on any atom is 0.0462 e. The molecule has 0 aromatic rings. The third-order valence-electron chi connectivity index (χ3n) is 3.13. The molecule has 0 radical (unpaired) electrons. The lowest BCUT2D eigenvalue weighted by atomic mass is 10.0. The van der Waals surface area contributed by atoms with Crippen LogP contribution in [0.25, 0.3) is 0 Å².